The van der Waals surface area contributed by atoms with Gasteiger partial charge in [0.25, 0.3) is 0 Å². The normalized spacial score (nSPS) is 11.8. The lowest BCUT2D eigenvalue weighted by atomic mass is 10.5. The molecule has 0 aromatic carbocycles. The Hall–Kier alpha value is -0.920. The monoisotopic (exact) mass is 278 g/mol. The van der Waals surface area contributed by atoms with Crippen molar-refractivity contribution < 1.29 is 8.42 Å². The van der Waals surface area contributed by atoms with E-state index in [9.17, 15) is 8.42 Å². The molecule has 0 atom stereocenters. The number of aromatic nitrogens is 2. The van der Waals surface area contributed by atoms with E-state index in [1.165, 1.54) is 18.4 Å². The molecule has 1 rings (SSSR count). The highest BCUT2D eigenvalue weighted by Crippen LogP contribution is 2.10. The Morgan fingerprint density at radius 2 is 2.06 bits per heavy atom. The molecule has 0 aliphatic carbocycles. The van der Waals surface area contributed by atoms with E-state index in [4.69, 9.17) is 11.6 Å². The quantitative estimate of drug-likeness (QED) is 0.804. The number of rotatable bonds is 5. The maximum Gasteiger partial charge on any atom is 0.215 e. The predicted molar refractivity (Wildman–Crippen MR) is 67.7 cm³/mol. The fourth-order valence-electron chi connectivity index (χ4n) is 1.11. The van der Waals surface area contributed by atoms with Crippen molar-refractivity contribution in [3.05, 3.63) is 17.0 Å². The standard InChI is InChI=1S/C9H15ClN4O2S/c1-7-12-8(10)6-9(13-7)11-4-5-17(15,16)14(2)3/h6H,4-5H2,1-3H3,(H,11,12,13). The first-order chi connectivity index (χ1) is 7.81. The third-order valence-electron chi connectivity index (χ3n) is 2.03. The number of aryl methyl sites for hydroxylation is 1. The van der Waals surface area contributed by atoms with Gasteiger partial charge in [-0.05, 0) is 6.92 Å². The Kier molecular flexibility index (Phi) is 4.67. The van der Waals surface area contributed by atoms with Crippen molar-refractivity contribution in [3.8, 4) is 0 Å². The van der Waals surface area contributed by atoms with Gasteiger partial charge in [0.2, 0.25) is 10.0 Å². The lowest BCUT2D eigenvalue weighted by molar-refractivity contribution is 0.521. The van der Waals surface area contributed by atoms with Crippen LogP contribution in [-0.2, 0) is 10.0 Å². The van der Waals surface area contributed by atoms with Crippen LogP contribution in [0.1, 0.15) is 5.82 Å². The molecule has 0 aliphatic rings. The minimum atomic E-state index is -3.19. The van der Waals surface area contributed by atoms with Gasteiger partial charge in [0.05, 0.1) is 5.75 Å². The number of hydrogen-bond acceptors (Lipinski definition) is 5. The van der Waals surface area contributed by atoms with E-state index in [1.807, 2.05) is 0 Å². The minimum absolute atomic E-state index is 0.000664. The highest BCUT2D eigenvalue weighted by molar-refractivity contribution is 7.89. The van der Waals surface area contributed by atoms with Crippen LogP contribution in [0.25, 0.3) is 0 Å². The van der Waals surface area contributed by atoms with Crippen molar-refractivity contribution in [2.45, 2.75) is 6.92 Å². The van der Waals surface area contributed by atoms with Gasteiger partial charge in [-0.3, -0.25) is 0 Å². The predicted octanol–water partition coefficient (Wildman–Crippen LogP) is 0.742. The highest BCUT2D eigenvalue weighted by atomic mass is 35.5. The average molecular weight is 279 g/mol. The van der Waals surface area contributed by atoms with Gasteiger partial charge >= 0.3 is 0 Å². The van der Waals surface area contributed by atoms with Crippen LogP contribution in [0, 0.1) is 6.92 Å². The Balaban J connectivity index is 2.57. The van der Waals surface area contributed by atoms with Gasteiger partial charge in [-0.25, -0.2) is 22.7 Å². The van der Waals surface area contributed by atoms with E-state index in [0.717, 1.165) is 0 Å². The summed E-state index contributed by atoms with van der Waals surface area (Å²) in [6.07, 6.45) is 0. The molecule has 0 amide bonds. The molecular formula is C9H15ClN4O2S. The summed E-state index contributed by atoms with van der Waals surface area (Å²) in [6, 6.07) is 1.55. The Labute approximate surface area is 106 Å². The second-order valence-electron chi connectivity index (χ2n) is 3.65. The Morgan fingerprint density at radius 3 is 2.59 bits per heavy atom. The summed E-state index contributed by atoms with van der Waals surface area (Å²) in [5.74, 6) is 1.06. The smallest absolute Gasteiger partial charge is 0.215 e. The Bertz CT molecular complexity index is 470. The van der Waals surface area contributed by atoms with Crippen molar-refractivity contribution >= 4 is 27.4 Å². The van der Waals surface area contributed by atoms with Crippen LogP contribution in [-0.4, -0.2) is 49.1 Å². The van der Waals surface area contributed by atoms with Crippen LogP contribution in [0.4, 0.5) is 5.82 Å². The topological polar surface area (TPSA) is 75.2 Å². The first-order valence-corrected chi connectivity index (χ1v) is 6.95. The van der Waals surface area contributed by atoms with Gasteiger partial charge in [0.1, 0.15) is 16.8 Å². The van der Waals surface area contributed by atoms with Crippen LogP contribution < -0.4 is 5.32 Å². The zero-order valence-electron chi connectivity index (χ0n) is 9.94. The molecule has 1 aromatic heterocycles. The van der Waals surface area contributed by atoms with Gasteiger partial charge in [0, 0.05) is 26.7 Å². The largest absolute Gasteiger partial charge is 0.369 e. The number of nitrogens with one attached hydrogen (secondary N) is 1. The second kappa shape index (κ2) is 5.61. The number of anilines is 1. The van der Waals surface area contributed by atoms with Gasteiger partial charge < -0.3 is 5.32 Å². The van der Waals surface area contributed by atoms with Crippen LogP contribution in [0.5, 0.6) is 0 Å². The second-order valence-corrected chi connectivity index (χ2v) is 6.34. The molecule has 96 valence electrons. The third kappa shape index (κ3) is 4.45. The Morgan fingerprint density at radius 1 is 1.41 bits per heavy atom. The van der Waals surface area contributed by atoms with E-state index in [2.05, 4.69) is 15.3 Å². The molecule has 0 aliphatic heterocycles. The van der Waals surface area contributed by atoms with E-state index in [-0.39, 0.29) is 12.3 Å². The zero-order valence-corrected chi connectivity index (χ0v) is 11.5. The van der Waals surface area contributed by atoms with Crippen molar-refractivity contribution in [2.75, 3.05) is 31.7 Å². The van der Waals surface area contributed by atoms with Crippen molar-refractivity contribution in [1.29, 1.82) is 0 Å². The summed E-state index contributed by atoms with van der Waals surface area (Å²) in [5.41, 5.74) is 0. The number of nitrogens with zero attached hydrogens (tertiary/aromatic N) is 3. The summed E-state index contributed by atoms with van der Waals surface area (Å²) in [7, 11) is -0.192. The third-order valence-corrected chi connectivity index (χ3v) is 4.06. The first-order valence-electron chi connectivity index (χ1n) is 4.96. The molecule has 0 bridgehead atoms. The molecule has 0 spiro atoms. The summed E-state index contributed by atoms with van der Waals surface area (Å²) >= 11 is 5.75. The van der Waals surface area contributed by atoms with E-state index in [0.29, 0.717) is 16.8 Å². The summed E-state index contributed by atoms with van der Waals surface area (Å²) in [4.78, 5) is 7.99. The SMILES string of the molecule is Cc1nc(Cl)cc(NCCS(=O)(=O)N(C)C)n1. The lowest BCUT2D eigenvalue weighted by Crippen LogP contribution is -2.28. The molecule has 0 saturated heterocycles. The minimum Gasteiger partial charge on any atom is -0.369 e. The molecule has 0 radical (unpaired) electrons. The van der Waals surface area contributed by atoms with E-state index in [1.54, 1.807) is 13.0 Å². The molecule has 6 nitrogen and oxygen atoms in total. The maximum atomic E-state index is 11.5. The molecule has 1 N–H and O–H groups in total. The molecule has 1 heterocycles. The van der Waals surface area contributed by atoms with Gasteiger partial charge in [0.15, 0.2) is 0 Å². The fraction of sp³-hybridized carbons (Fsp3) is 0.556. The van der Waals surface area contributed by atoms with Crippen LogP contribution in [0.15, 0.2) is 6.07 Å². The van der Waals surface area contributed by atoms with Crippen LogP contribution >= 0.6 is 11.6 Å². The molecular weight excluding hydrogens is 264 g/mol. The molecule has 0 saturated carbocycles. The lowest BCUT2D eigenvalue weighted by Gasteiger charge is -2.12. The maximum absolute atomic E-state index is 11.5. The number of sulfonamides is 1. The zero-order chi connectivity index (χ0) is 13.1. The van der Waals surface area contributed by atoms with Crippen LogP contribution in [0.3, 0.4) is 0 Å². The highest BCUT2D eigenvalue weighted by Gasteiger charge is 2.12. The number of hydrogen-bond donors (Lipinski definition) is 1. The number of halogens is 1. The summed E-state index contributed by atoms with van der Waals surface area (Å²) in [5, 5.41) is 3.23. The molecule has 1 aromatic rings. The van der Waals surface area contributed by atoms with Crippen molar-refractivity contribution in [3.63, 3.8) is 0 Å². The summed E-state index contributed by atoms with van der Waals surface area (Å²) < 4.78 is 24.2. The van der Waals surface area contributed by atoms with Gasteiger partial charge in [-0.1, -0.05) is 11.6 Å². The van der Waals surface area contributed by atoms with Gasteiger partial charge in [-0.15, -0.1) is 0 Å². The molecule has 17 heavy (non-hydrogen) atoms. The fourth-order valence-corrected chi connectivity index (χ4v) is 2.06. The molecule has 0 fully saturated rings. The van der Waals surface area contributed by atoms with Crippen molar-refractivity contribution in [2.24, 2.45) is 0 Å². The summed E-state index contributed by atoms with van der Waals surface area (Å²) in [6.45, 7) is 1.99. The van der Waals surface area contributed by atoms with Crippen LogP contribution in [0.2, 0.25) is 5.15 Å². The first kappa shape index (κ1) is 14.1. The van der Waals surface area contributed by atoms with Crippen molar-refractivity contribution in [1.82, 2.24) is 14.3 Å². The average Bonchev–Trinajstić information content (AvgIpc) is 2.15. The molecule has 8 heteroatoms. The molecule has 0 unspecified atom stereocenters. The van der Waals surface area contributed by atoms with E-state index >= 15 is 0 Å². The van der Waals surface area contributed by atoms with Gasteiger partial charge in [-0.2, -0.15) is 0 Å². The van der Waals surface area contributed by atoms with E-state index < -0.39 is 10.0 Å².